The molecular weight excluding hydrogens is 286 g/mol. The Kier molecular flexibility index (Phi) is 22.3. The normalized spacial score (nSPS) is 9.65. The Morgan fingerprint density at radius 2 is 1.43 bits per heavy atom. The number of hydrogen-bond donors (Lipinski definition) is 2. The van der Waals surface area contributed by atoms with E-state index < -0.39 is 0 Å². The zero-order chi connectivity index (χ0) is 17.8. The number of nitrogens with zero attached hydrogens (tertiary/aromatic N) is 3. The van der Waals surface area contributed by atoms with Crippen LogP contribution in [0.15, 0.2) is 6.20 Å². The molecule has 0 unspecified atom stereocenters. The van der Waals surface area contributed by atoms with Gasteiger partial charge in [0, 0.05) is 12.7 Å². The molecule has 0 radical (unpaired) electrons. The second-order valence-electron chi connectivity index (χ2n) is 5.10. The van der Waals surface area contributed by atoms with Crippen LogP contribution in [0.4, 0.5) is 0 Å². The topological polar surface area (TPSA) is 54.8 Å². The number of nitrogens with one attached hydrogen (secondary N) is 2. The van der Waals surface area contributed by atoms with E-state index in [1.165, 1.54) is 32.1 Å². The van der Waals surface area contributed by atoms with Crippen LogP contribution < -0.4 is 10.6 Å². The van der Waals surface area contributed by atoms with Gasteiger partial charge in [0.1, 0.15) is 0 Å². The zero-order valence-corrected chi connectivity index (χ0v) is 16.5. The van der Waals surface area contributed by atoms with Crippen molar-refractivity contribution >= 4 is 0 Å². The van der Waals surface area contributed by atoms with Gasteiger partial charge in [-0.1, -0.05) is 45.7 Å². The summed E-state index contributed by atoms with van der Waals surface area (Å²) in [7, 11) is 2.02. The molecule has 0 atom stereocenters. The van der Waals surface area contributed by atoms with E-state index in [0.29, 0.717) is 0 Å². The van der Waals surface area contributed by atoms with Gasteiger partial charge in [-0.15, -0.1) is 5.10 Å². The molecule has 0 bridgehead atoms. The average molecular weight is 328 g/mol. The molecule has 5 heteroatoms. The van der Waals surface area contributed by atoms with Gasteiger partial charge in [0.05, 0.1) is 5.69 Å². The van der Waals surface area contributed by atoms with Gasteiger partial charge in [-0.25, -0.2) is 0 Å². The fourth-order valence-electron chi connectivity index (χ4n) is 2.06. The van der Waals surface area contributed by atoms with Crippen LogP contribution in [0.1, 0.15) is 71.9 Å². The molecule has 0 fully saturated rings. The molecule has 0 aliphatic heterocycles. The summed E-state index contributed by atoms with van der Waals surface area (Å²) in [6, 6.07) is 0. The lowest BCUT2D eigenvalue weighted by atomic mass is 10.2. The van der Waals surface area contributed by atoms with Crippen molar-refractivity contribution in [3.8, 4) is 0 Å². The molecule has 1 heterocycles. The maximum Gasteiger partial charge on any atom is 0.0796 e. The minimum Gasteiger partial charge on any atom is -0.320 e. The van der Waals surface area contributed by atoms with Gasteiger partial charge in [-0.3, -0.25) is 4.68 Å². The van der Waals surface area contributed by atoms with E-state index in [-0.39, 0.29) is 0 Å². The van der Waals surface area contributed by atoms with Crippen LogP contribution >= 0.6 is 0 Å². The van der Waals surface area contributed by atoms with Gasteiger partial charge in [0.15, 0.2) is 0 Å². The molecule has 5 nitrogen and oxygen atoms in total. The van der Waals surface area contributed by atoms with Crippen molar-refractivity contribution in [3.05, 3.63) is 11.9 Å². The van der Waals surface area contributed by atoms with Gasteiger partial charge in [0.25, 0.3) is 0 Å². The molecule has 0 aromatic carbocycles. The van der Waals surface area contributed by atoms with Crippen molar-refractivity contribution in [2.45, 2.75) is 79.7 Å². The summed E-state index contributed by atoms with van der Waals surface area (Å²) in [6.07, 6.45) is 9.65. The van der Waals surface area contributed by atoms with Crippen LogP contribution in [0.5, 0.6) is 0 Å². The first-order valence-electron chi connectivity index (χ1n) is 9.55. The molecular formula is C18H41N5. The Morgan fingerprint density at radius 3 is 1.96 bits per heavy atom. The Labute approximate surface area is 144 Å². The molecule has 0 spiro atoms. The summed E-state index contributed by atoms with van der Waals surface area (Å²) in [5.74, 6) is 0. The van der Waals surface area contributed by atoms with E-state index in [1.807, 2.05) is 52.5 Å². The highest BCUT2D eigenvalue weighted by Crippen LogP contribution is 1.98. The van der Waals surface area contributed by atoms with Gasteiger partial charge in [0.2, 0.25) is 0 Å². The first-order valence-corrected chi connectivity index (χ1v) is 9.55. The van der Waals surface area contributed by atoms with Crippen LogP contribution in [-0.4, -0.2) is 41.7 Å². The molecule has 0 aliphatic rings. The van der Waals surface area contributed by atoms with Crippen LogP contribution in [-0.2, 0) is 6.54 Å². The molecule has 0 amide bonds. The monoisotopic (exact) mass is 327 g/mol. The summed E-state index contributed by atoms with van der Waals surface area (Å²) >= 11 is 0. The van der Waals surface area contributed by atoms with E-state index in [4.69, 9.17) is 0 Å². The smallest absolute Gasteiger partial charge is 0.0796 e. The van der Waals surface area contributed by atoms with Crippen LogP contribution in [0.3, 0.4) is 0 Å². The lowest BCUT2D eigenvalue weighted by Gasteiger charge is -2.05. The maximum atomic E-state index is 4.04. The van der Waals surface area contributed by atoms with Crippen LogP contribution in [0.25, 0.3) is 0 Å². The molecule has 2 N–H and O–H groups in total. The molecule has 1 aromatic heterocycles. The Balaban J connectivity index is 0. The van der Waals surface area contributed by atoms with Crippen molar-refractivity contribution in [2.24, 2.45) is 0 Å². The van der Waals surface area contributed by atoms with E-state index in [1.54, 1.807) is 0 Å². The fraction of sp³-hybridized carbons (Fsp3) is 0.889. The highest BCUT2D eigenvalue weighted by Gasteiger charge is 1.95. The third kappa shape index (κ3) is 17.2. The van der Waals surface area contributed by atoms with E-state index in [2.05, 4.69) is 20.9 Å². The predicted molar refractivity (Wildman–Crippen MR) is 102 cm³/mol. The number of aromatic nitrogens is 3. The molecule has 1 rings (SSSR count). The van der Waals surface area contributed by atoms with Gasteiger partial charge >= 0.3 is 0 Å². The predicted octanol–water partition coefficient (Wildman–Crippen LogP) is 3.79. The largest absolute Gasteiger partial charge is 0.320 e. The van der Waals surface area contributed by atoms with Crippen LogP contribution in [0.2, 0.25) is 0 Å². The van der Waals surface area contributed by atoms with Crippen molar-refractivity contribution in [1.29, 1.82) is 0 Å². The van der Waals surface area contributed by atoms with Crippen molar-refractivity contribution in [1.82, 2.24) is 25.6 Å². The fourth-order valence-corrected chi connectivity index (χ4v) is 2.06. The molecule has 23 heavy (non-hydrogen) atoms. The van der Waals surface area contributed by atoms with E-state index in [9.17, 15) is 0 Å². The third-order valence-electron chi connectivity index (χ3n) is 3.17. The second-order valence-corrected chi connectivity index (χ2v) is 5.10. The molecule has 1 aromatic rings. The highest BCUT2D eigenvalue weighted by molar-refractivity contribution is 4.86. The lowest BCUT2D eigenvalue weighted by molar-refractivity contribution is 0.514. The number of hydrogen-bond acceptors (Lipinski definition) is 4. The van der Waals surface area contributed by atoms with Crippen molar-refractivity contribution in [2.75, 3.05) is 26.7 Å². The standard InChI is InChI=1S/C14H29N5.2C2H6/c1-14-13-19(18-17-14)12-8-7-11-16-10-6-4-3-5-9-15-2;2*1-2/h13,15-16H,3-12H2,1-2H3;2*1-2H3. The SMILES string of the molecule is CC.CC.CNCCCCCCNCCCCn1cc(C)nn1. The quantitative estimate of drug-likeness (QED) is 0.574. The van der Waals surface area contributed by atoms with Crippen molar-refractivity contribution in [3.63, 3.8) is 0 Å². The molecule has 0 aliphatic carbocycles. The maximum absolute atomic E-state index is 4.04. The minimum atomic E-state index is 0.979. The molecule has 0 saturated heterocycles. The first kappa shape index (κ1) is 24.3. The van der Waals surface area contributed by atoms with Gasteiger partial charge in [-0.2, -0.15) is 0 Å². The summed E-state index contributed by atoms with van der Waals surface area (Å²) < 4.78 is 1.93. The Bertz CT molecular complexity index is 312. The first-order chi connectivity index (χ1) is 11.3. The highest BCUT2D eigenvalue weighted by atomic mass is 15.4. The van der Waals surface area contributed by atoms with E-state index in [0.717, 1.165) is 38.3 Å². The third-order valence-corrected chi connectivity index (χ3v) is 3.17. The van der Waals surface area contributed by atoms with Gasteiger partial charge < -0.3 is 10.6 Å². The average Bonchev–Trinajstić information content (AvgIpc) is 3.02. The molecule has 0 saturated carbocycles. The van der Waals surface area contributed by atoms with Crippen molar-refractivity contribution < 1.29 is 0 Å². The molecule has 138 valence electrons. The number of unbranched alkanes of at least 4 members (excludes halogenated alkanes) is 4. The summed E-state index contributed by atoms with van der Waals surface area (Å²) in [5.41, 5.74) is 0.997. The summed E-state index contributed by atoms with van der Waals surface area (Å²) in [6.45, 7) is 14.4. The van der Waals surface area contributed by atoms with E-state index >= 15 is 0 Å². The zero-order valence-electron chi connectivity index (χ0n) is 16.5. The number of aryl methyl sites for hydroxylation is 2. The Morgan fingerprint density at radius 1 is 0.870 bits per heavy atom. The second kappa shape index (κ2) is 21.1. The lowest BCUT2D eigenvalue weighted by Crippen LogP contribution is -2.17. The minimum absolute atomic E-state index is 0.979. The summed E-state index contributed by atoms with van der Waals surface area (Å²) in [4.78, 5) is 0. The Hall–Kier alpha value is -0.940. The van der Waals surface area contributed by atoms with Gasteiger partial charge in [-0.05, 0) is 59.3 Å². The van der Waals surface area contributed by atoms with Crippen LogP contribution in [0, 0.1) is 6.92 Å². The number of rotatable bonds is 12. The summed E-state index contributed by atoms with van der Waals surface area (Å²) in [5, 5.41) is 14.7.